The lowest BCUT2D eigenvalue weighted by atomic mass is 9.70. The van der Waals surface area contributed by atoms with Crippen molar-refractivity contribution in [3.63, 3.8) is 0 Å². The van der Waals surface area contributed by atoms with E-state index in [1.165, 1.54) is 25.7 Å². The number of aromatic nitrogens is 4. The van der Waals surface area contributed by atoms with Gasteiger partial charge in [0.2, 0.25) is 0 Å². The highest BCUT2D eigenvalue weighted by atomic mass is 32.1. The van der Waals surface area contributed by atoms with Gasteiger partial charge in [-0.25, -0.2) is 9.97 Å². The molecule has 1 spiro atoms. The molecule has 3 saturated heterocycles. The van der Waals surface area contributed by atoms with Crippen LogP contribution in [0.2, 0.25) is 0 Å². The van der Waals surface area contributed by atoms with Gasteiger partial charge < -0.3 is 15.3 Å². The van der Waals surface area contributed by atoms with Gasteiger partial charge in [0, 0.05) is 42.3 Å². The molecule has 3 aliphatic rings. The van der Waals surface area contributed by atoms with Gasteiger partial charge in [-0.15, -0.1) is 0 Å². The third-order valence-electron chi connectivity index (χ3n) is 7.04. The van der Waals surface area contributed by atoms with E-state index < -0.39 is 0 Å². The van der Waals surface area contributed by atoms with Crippen molar-refractivity contribution >= 4 is 37.5 Å². The minimum atomic E-state index is 0.227. The summed E-state index contributed by atoms with van der Waals surface area (Å²) in [5, 5.41) is 23.0. The fraction of sp³-hybridized carbons (Fsp3) is 0.409. The molecule has 7 rings (SSSR count). The number of rotatable bonds is 3. The standard InChI is InChI=1S/C22H22N6OS2/c29-17-5-12(13-8-23-24-9-13)1-4-16(17)18-26-19-20(30-18)27-21(31-19)28-10-22(11-28)6-14-2-3-15(7-22)25-14/h1,4-5,8-9,14-15,25,29H,2-3,6-7,10-11H2,(H,23,24). The van der Waals surface area contributed by atoms with E-state index in [4.69, 9.17) is 9.97 Å². The highest BCUT2D eigenvalue weighted by Crippen LogP contribution is 2.49. The molecule has 1 aromatic carbocycles. The summed E-state index contributed by atoms with van der Waals surface area (Å²) >= 11 is 3.22. The number of nitrogens with zero attached hydrogens (tertiary/aromatic N) is 4. The summed E-state index contributed by atoms with van der Waals surface area (Å²) in [7, 11) is 0. The number of phenolic OH excluding ortho intramolecular Hbond substituents is 1. The molecule has 158 valence electrons. The maximum absolute atomic E-state index is 10.6. The van der Waals surface area contributed by atoms with Gasteiger partial charge in [-0.1, -0.05) is 28.7 Å². The van der Waals surface area contributed by atoms with Crippen molar-refractivity contribution in [1.29, 1.82) is 0 Å². The van der Waals surface area contributed by atoms with Gasteiger partial charge in [-0.3, -0.25) is 5.10 Å². The zero-order valence-electron chi connectivity index (χ0n) is 16.8. The molecule has 3 N–H and O–H groups in total. The Labute approximate surface area is 187 Å². The maximum Gasteiger partial charge on any atom is 0.188 e. The van der Waals surface area contributed by atoms with E-state index in [0.717, 1.165) is 61.7 Å². The molecule has 3 aromatic heterocycles. The van der Waals surface area contributed by atoms with Gasteiger partial charge in [-0.05, 0) is 43.4 Å². The summed E-state index contributed by atoms with van der Waals surface area (Å²) in [6.07, 6.45) is 8.89. The minimum absolute atomic E-state index is 0.227. The maximum atomic E-state index is 10.6. The predicted molar refractivity (Wildman–Crippen MR) is 124 cm³/mol. The SMILES string of the molecule is Oc1cc(-c2cn[nH]c2)ccc1-c1nc2sc(N3CC4(CC5CCC(C4)N5)C3)nc2s1. The molecule has 2 atom stereocenters. The molecule has 2 unspecified atom stereocenters. The van der Waals surface area contributed by atoms with Gasteiger partial charge in [0.05, 0.1) is 11.8 Å². The average Bonchev–Trinajstić information content (AvgIpc) is 3.50. The van der Waals surface area contributed by atoms with Crippen LogP contribution >= 0.6 is 22.7 Å². The molecule has 0 saturated carbocycles. The number of H-pyrrole nitrogens is 1. The lowest BCUT2D eigenvalue weighted by molar-refractivity contribution is 0.116. The molecule has 0 amide bonds. The number of anilines is 1. The number of phenols is 1. The van der Waals surface area contributed by atoms with Crippen molar-refractivity contribution in [3.05, 3.63) is 30.6 Å². The summed E-state index contributed by atoms with van der Waals surface area (Å²) < 4.78 is 0. The van der Waals surface area contributed by atoms with Crippen LogP contribution in [0.15, 0.2) is 30.6 Å². The normalized spacial score (nSPS) is 24.2. The van der Waals surface area contributed by atoms with Crippen LogP contribution in [0.4, 0.5) is 5.13 Å². The summed E-state index contributed by atoms with van der Waals surface area (Å²) in [4.78, 5) is 14.0. The first-order chi connectivity index (χ1) is 15.1. The molecule has 3 aliphatic heterocycles. The molecular weight excluding hydrogens is 428 g/mol. The monoisotopic (exact) mass is 450 g/mol. The first-order valence-corrected chi connectivity index (χ1v) is 12.4. The van der Waals surface area contributed by atoms with Crippen LogP contribution in [0, 0.1) is 5.41 Å². The van der Waals surface area contributed by atoms with E-state index in [-0.39, 0.29) is 5.75 Å². The smallest absolute Gasteiger partial charge is 0.188 e. The van der Waals surface area contributed by atoms with Crippen molar-refractivity contribution < 1.29 is 5.11 Å². The Morgan fingerprint density at radius 2 is 1.84 bits per heavy atom. The quantitative estimate of drug-likeness (QED) is 0.433. The summed E-state index contributed by atoms with van der Waals surface area (Å²) in [5.74, 6) is 0.227. The third kappa shape index (κ3) is 2.90. The Morgan fingerprint density at radius 1 is 1.03 bits per heavy atom. The van der Waals surface area contributed by atoms with E-state index in [9.17, 15) is 5.11 Å². The van der Waals surface area contributed by atoms with Crippen LogP contribution in [0.5, 0.6) is 5.75 Å². The molecule has 7 nitrogen and oxygen atoms in total. The van der Waals surface area contributed by atoms with Gasteiger partial charge >= 0.3 is 0 Å². The minimum Gasteiger partial charge on any atom is -0.507 e. The average molecular weight is 451 g/mol. The summed E-state index contributed by atoms with van der Waals surface area (Å²) in [5.41, 5.74) is 3.11. The first kappa shape index (κ1) is 18.1. The second-order valence-corrected chi connectivity index (χ2v) is 11.2. The van der Waals surface area contributed by atoms with Gasteiger partial charge in [-0.2, -0.15) is 5.10 Å². The zero-order valence-corrected chi connectivity index (χ0v) is 18.5. The molecule has 3 fully saturated rings. The molecule has 6 heterocycles. The fourth-order valence-electron chi connectivity index (χ4n) is 5.69. The molecule has 4 aromatic rings. The second kappa shape index (κ2) is 6.51. The third-order valence-corrected chi connectivity index (χ3v) is 9.16. The topological polar surface area (TPSA) is 90.0 Å². The second-order valence-electron chi connectivity index (χ2n) is 9.25. The van der Waals surface area contributed by atoms with Crippen LogP contribution in [0.3, 0.4) is 0 Å². The number of fused-ring (bicyclic) bond motifs is 3. The van der Waals surface area contributed by atoms with Crippen molar-refractivity contribution in [2.75, 3.05) is 18.0 Å². The summed E-state index contributed by atoms with van der Waals surface area (Å²) in [6, 6.07) is 7.14. The van der Waals surface area contributed by atoms with E-state index in [1.807, 2.05) is 18.3 Å². The number of aromatic hydroxyl groups is 1. The zero-order chi connectivity index (χ0) is 20.6. The van der Waals surface area contributed by atoms with Crippen molar-refractivity contribution in [3.8, 4) is 27.4 Å². The predicted octanol–water partition coefficient (Wildman–Crippen LogP) is 4.24. The molecule has 0 aliphatic carbocycles. The molecule has 2 bridgehead atoms. The Morgan fingerprint density at radius 3 is 2.55 bits per heavy atom. The number of nitrogens with one attached hydrogen (secondary N) is 2. The van der Waals surface area contributed by atoms with E-state index in [0.29, 0.717) is 5.41 Å². The lowest BCUT2D eigenvalue weighted by Crippen LogP contribution is -2.62. The number of piperidine rings is 1. The number of aromatic amines is 1. The number of benzene rings is 1. The largest absolute Gasteiger partial charge is 0.507 e. The van der Waals surface area contributed by atoms with Crippen LogP contribution in [0.25, 0.3) is 31.4 Å². The van der Waals surface area contributed by atoms with Gasteiger partial charge in [0.15, 0.2) is 14.8 Å². The van der Waals surface area contributed by atoms with Crippen LogP contribution in [-0.4, -0.2) is 50.4 Å². The van der Waals surface area contributed by atoms with Gasteiger partial charge in [0.25, 0.3) is 0 Å². The first-order valence-electron chi connectivity index (χ1n) is 10.8. The lowest BCUT2D eigenvalue weighted by Gasteiger charge is -2.54. The molecule has 31 heavy (non-hydrogen) atoms. The summed E-state index contributed by atoms with van der Waals surface area (Å²) in [6.45, 7) is 2.26. The Balaban J connectivity index is 1.11. The van der Waals surface area contributed by atoms with Crippen molar-refractivity contribution in [2.24, 2.45) is 5.41 Å². The highest BCUT2D eigenvalue weighted by molar-refractivity contribution is 7.29. The van der Waals surface area contributed by atoms with Crippen molar-refractivity contribution in [2.45, 2.75) is 37.8 Å². The Bertz CT molecular complexity index is 1230. The number of hydrogen-bond acceptors (Lipinski definition) is 8. The molecule has 0 radical (unpaired) electrons. The van der Waals surface area contributed by atoms with Gasteiger partial charge in [0.1, 0.15) is 10.8 Å². The number of thiazole rings is 2. The molecular formula is C22H22N6OS2. The Hall–Kier alpha value is -2.49. The van der Waals surface area contributed by atoms with Crippen LogP contribution in [0.1, 0.15) is 25.7 Å². The van der Waals surface area contributed by atoms with E-state index >= 15 is 0 Å². The van der Waals surface area contributed by atoms with Crippen LogP contribution in [-0.2, 0) is 0 Å². The van der Waals surface area contributed by atoms with Crippen LogP contribution < -0.4 is 10.2 Å². The van der Waals surface area contributed by atoms with E-state index in [1.54, 1.807) is 34.9 Å². The highest BCUT2D eigenvalue weighted by Gasteiger charge is 2.51. The molecule has 9 heteroatoms. The van der Waals surface area contributed by atoms with E-state index in [2.05, 4.69) is 20.4 Å². The Kier molecular flexibility index (Phi) is 3.80. The van der Waals surface area contributed by atoms with Crippen molar-refractivity contribution in [1.82, 2.24) is 25.5 Å². The fourth-order valence-corrected chi connectivity index (χ4v) is 7.76. The number of hydrogen-bond donors (Lipinski definition) is 3.